The highest BCUT2D eigenvalue weighted by molar-refractivity contribution is 5.97. The highest BCUT2D eigenvalue weighted by Gasteiger charge is 2.33. The van der Waals surface area contributed by atoms with Crippen LogP contribution >= 0.6 is 0 Å². The number of H-pyrrole nitrogens is 1. The zero-order chi connectivity index (χ0) is 15.9. The van der Waals surface area contributed by atoms with Crippen LogP contribution in [0.5, 0.6) is 0 Å². The smallest absolute Gasteiger partial charge is 0.255 e. The molecule has 0 spiro atoms. The summed E-state index contributed by atoms with van der Waals surface area (Å²) in [7, 11) is 0. The lowest BCUT2D eigenvalue weighted by Gasteiger charge is -2.18. The van der Waals surface area contributed by atoms with Crippen molar-refractivity contribution in [3.8, 4) is 0 Å². The molecule has 22 heavy (non-hydrogen) atoms. The fourth-order valence-corrected chi connectivity index (χ4v) is 3.11. The Morgan fingerprint density at radius 2 is 2.14 bits per heavy atom. The minimum absolute atomic E-state index is 0.159. The summed E-state index contributed by atoms with van der Waals surface area (Å²) in [5.74, 6) is -0.0257. The van der Waals surface area contributed by atoms with Gasteiger partial charge in [-0.05, 0) is 24.0 Å². The lowest BCUT2D eigenvalue weighted by Crippen LogP contribution is -2.34. The summed E-state index contributed by atoms with van der Waals surface area (Å²) in [5.41, 5.74) is 4.19. The number of rotatable bonds is 3. The zero-order valence-corrected chi connectivity index (χ0v) is 13.1. The Labute approximate surface area is 129 Å². The lowest BCUT2D eigenvalue weighted by molar-refractivity contribution is 0.0856. The first-order valence-corrected chi connectivity index (χ1v) is 7.60. The van der Waals surface area contributed by atoms with Gasteiger partial charge in [-0.1, -0.05) is 38.1 Å². The van der Waals surface area contributed by atoms with E-state index in [0.29, 0.717) is 12.0 Å². The third-order valence-corrected chi connectivity index (χ3v) is 4.24. The SMILES string of the molecule is Cc1[nH]nc(C(C)C)c1C(=O)N[C@@H]1c2ccccc2C[C@@H]1O. The number of hydrogen-bond donors (Lipinski definition) is 3. The first-order valence-electron chi connectivity index (χ1n) is 7.60. The second kappa shape index (κ2) is 5.57. The van der Waals surface area contributed by atoms with Crippen LogP contribution in [0.3, 0.4) is 0 Å². The third-order valence-electron chi connectivity index (χ3n) is 4.24. The summed E-state index contributed by atoms with van der Waals surface area (Å²) >= 11 is 0. The maximum atomic E-state index is 12.7. The van der Waals surface area contributed by atoms with Crippen molar-refractivity contribution in [2.75, 3.05) is 0 Å². The molecule has 1 amide bonds. The molecule has 3 rings (SSSR count). The standard InChI is InChI=1S/C17H21N3O2/c1-9(2)15-14(10(3)19-20-15)17(22)18-16-12-7-5-4-6-11(12)8-13(16)21/h4-7,9,13,16,21H,8H2,1-3H3,(H,18,22)(H,19,20)/t13-,16+/m0/s1. The molecule has 3 N–H and O–H groups in total. The third kappa shape index (κ3) is 2.41. The molecule has 0 bridgehead atoms. The number of carbonyl (C=O) groups is 1. The van der Waals surface area contributed by atoms with Gasteiger partial charge in [-0.3, -0.25) is 9.89 Å². The minimum Gasteiger partial charge on any atom is -0.390 e. The number of aromatic amines is 1. The first-order chi connectivity index (χ1) is 10.5. The van der Waals surface area contributed by atoms with E-state index in [1.807, 2.05) is 45.0 Å². The number of carbonyl (C=O) groups excluding carboxylic acids is 1. The molecule has 1 aliphatic carbocycles. The van der Waals surface area contributed by atoms with E-state index in [2.05, 4.69) is 15.5 Å². The van der Waals surface area contributed by atoms with E-state index >= 15 is 0 Å². The van der Waals surface area contributed by atoms with E-state index in [4.69, 9.17) is 0 Å². The van der Waals surface area contributed by atoms with E-state index in [9.17, 15) is 9.90 Å². The van der Waals surface area contributed by atoms with Crippen molar-refractivity contribution >= 4 is 5.91 Å². The quantitative estimate of drug-likeness (QED) is 0.813. The predicted molar refractivity (Wildman–Crippen MR) is 83.8 cm³/mol. The Balaban J connectivity index is 1.88. The van der Waals surface area contributed by atoms with Crippen molar-refractivity contribution in [2.45, 2.75) is 45.3 Å². The van der Waals surface area contributed by atoms with Gasteiger partial charge in [0.2, 0.25) is 0 Å². The number of nitrogens with one attached hydrogen (secondary N) is 2. The Kier molecular flexibility index (Phi) is 3.74. The van der Waals surface area contributed by atoms with E-state index in [-0.39, 0.29) is 17.9 Å². The van der Waals surface area contributed by atoms with Gasteiger partial charge in [0.15, 0.2) is 0 Å². The van der Waals surface area contributed by atoms with Gasteiger partial charge >= 0.3 is 0 Å². The number of fused-ring (bicyclic) bond motifs is 1. The highest BCUT2D eigenvalue weighted by Crippen LogP contribution is 2.32. The zero-order valence-electron chi connectivity index (χ0n) is 13.1. The van der Waals surface area contributed by atoms with Gasteiger partial charge in [-0.2, -0.15) is 5.10 Å². The van der Waals surface area contributed by atoms with Crippen molar-refractivity contribution < 1.29 is 9.90 Å². The Morgan fingerprint density at radius 3 is 2.86 bits per heavy atom. The summed E-state index contributed by atoms with van der Waals surface area (Å²) in [4.78, 5) is 12.7. The number of hydrogen-bond acceptors (Lipinski definition) is 3. The van der Waals surface area contributed by atoms with Crippen LogP contribution in [0.1, 0.15) is 58.7 Å². The molecule has 0 saturated carbocycles. The van der Waals surface area contributed by atoms with Gasteiger partial charge in [0.25, 0.3) is 5.91 Å². The summed E-state index contributed by atoms with van der Waals surface area (Å²) in [6.45, 7) is 5.85. The number of amides is 1. The molecule has 0 saturated heterocycles. The summed E-state index contributed by atoms with van der Waals surface area (Å²) in [6.07, 6.45) is -0.0150. The lowest BCUT2D eigenvalue weighted by atomic mass is 10.0. The predicted octanol–water partition coefficient (Wildman–Crippen LogP) is 2.23. The monoisotopic (exact) mass is 299 g/mol. The van der Waals surface area contributed by atoms with Gasteiger partial charge in [0, 0.05) is 12.1 Å². The molecule has 1 aromatic carbocycles. The molecule has 0 radical (unpaired) electrons. The van der Waals surface area contributed by atoms with Crippen LogP contribution in [0.4, 0.5) is 0 Å². The molecule has 0 unspecified atom stereocenters. The number of nitrogens with zero attached hydrogens (tertiary/aromatic N) is 1. The molecule has 0 aliphatic heterocycles. The summed E-state index contributed by atoms with van der Waals surface area (Å²) < 4.78 is 0. The molecule has 1 aromatic heterocycles. The molecule has 1 aliphatic rings. The molecule has 5 nitrogen and oxygen atoms in total. The van der Waals surface area contributed by atoms with Crippen molar-refractivity contribution in [1.29, 1.82) is 0 Å². The van der Waals surface area contributed by atoms with Crippen LogP contribution in [0.25, 0.3) is 0 Å². The molecule has 2 aromatic rings. The van der Waals surface area contributed by atoms with Gasteiger partial charge in [-0.25, -0.2) is 0 Å². The van der Waals surface area contributed by atoms with E-state index in [1.165, 1.54) is 0 Å². The average Bonchev–Trinajstić information content (AvgIpc) is 3.00. The fraction of sp³-hybridized carbons (Fsp3) is 0.412. The summed E-state index contributed by atoms with van der Waals surface area (Å²) in [5, 5.41) is 20.3. The number of benzene rings is 1. The maximum absolute atomic E-state index is 12.7. The molecule has 116 valence electrons. The van der Waals surface area contributed by atoms with Crippen LogP contribution in [0.2, 0.25) is 0 Å². The Hall–Kier alpha value is -2.14. The van der Waals surface area contributed by atoms with E-state index in [0.717, 1.165) is 22.5 Å². The van der Waals surface area contributed by atoms with Crippen LogP contribution in [-0.4, -0.2) is 27.3 Å². The Bertz CT molecular complexity index is 706. The highest BCUT2D eigenvalue weighted by atomic mass is 16.3. The molecule has 2 atom stereocenters. The van der Waals surface area contributed by atoms with Crippen molar-refractivity contribution in [3.63, 3.8) is 0 Å². The first kappa shape index (κ1) is 14.8. The fourth-order valence-electron chi connectivity index (χ4n) is 3.11. The van der Waals surface area contributed by atoms with Crippen LogP contribution < -0.4 is 5.32 Å². The normalized spacial score (nSPS) is 20.2. The van der Waals surface area contributed by atoms with Gasteiger partial charge < -0.3 is 10.4 Å². The van der Waals surface area contributed by atoms with Crippen molar-refractivity contribution in [3.05, 3.63) is 52.3 Å². The molecule has 0 fully saturated rings. The van der Waals surface area contributed by atoms with Gasteiger partial charge in [0.1, 0.15) is 0 Å². The van der Waals surface area contributed by atoms with Gasteiger partial charge in [-0.15, -0.1) is 0 Å². The minimum atomic E-state index is -0.587. The topological polar surface area (TPSA) is 78.0 Å². The van der Waals surface area contributed by atoms with Crippen molar-refractivity contribution in [1.82, 2.24) is 15.5 Å². The van der Waals surface area contributed by atoms with Crippen LogP contribution in [0, 0.1) is 6.92 Å². The molecular formula is C17H21N3O2. The molecule has 1 heterocycles. The van der Waals surface area contributed by atoms with Crippen molar-refractivity contribution in [2.24, 2.45) is 0 Å². The number of aliphatic hydroxyl groups excluding tert-OH is 1. The summed E-state index contributed by atoms with van der Waals surface area (Å²) in [6, 6.07) is 7.47. The number of aromatic nitrogens is 2. The average molecular weight is 299 g/mol. The largest absolute Gasteiger partial charge is 0.390 e. The van der Waals surface area contributed by atoms with Crippen LogP contribution in [-0.2, 0) is 6.42 Å². The second-order valence-electron chi connectivity index (χ2n) is 6.18. The molecule has 5 heteroatoms. The van der Waals surface area contributed by atoms with Gasteiger partial charge in [0.05, 0.1) is 23.4 Å². The second-order valence-corrected chi connectivity index (χ2v) is 6.18. The number of aryl methyl sites for hydroxylation is 1. The van der Waals surface area contributed by atoms with E-state index < -0.39 is 6.10 Å². The van der Waals surface area contributed by atoms with E-state index in [1.54, 1.807) is 0 Å². The number of aliphatic hydroxyl groups is 1. The molecular weight excluding hydrogens is 278 g/mol. The Morgan fingerprint density at radius 1 is 1.41 bits per heavy atom. The van der Waals surface area contributed by atoms with Crippen LogP contribution in [0.15, 0.2) is 24.3 Å². The maximum Gasteiger partial charge on any atom is 0.255 e.